The topological polar surface area (TPSA) is 59.5 Å². The Hall–Kier alpha value is -3.03. The molecule has 1 N–H and O–H groups in total. The van der Waals surface area contributed by atoms with Crippen LogP contribution in [0, 0.1) is 0 Å². The summed E-state index contributed by atoms with van der Waals surface area (Å²) in [6.45, 7) is 0. The van der Waals surface area contributed by atoms with Crippen LogP contribution >= 0.6 is 0 Å². The van der Waals surface area contributed by atoms with Gasteiger partial charge in [-0.2, -0.15) is 0 Å². The standard InChI is InChI=1S/C19H18F2N6/c20-19(21)6-3-14(4-7-19)24-18-23-11-16-15(5-9-27(16)25-18)13-1-2-17-22-8-10-26(17)12-13/h1-2,5,8-12,14H,3-4,6-7H2,(H,24,25). The first kappa shape index (κ1) is 16.2. The number of hydrogen-bond donors (Lipinski definition) is 1. The summed E-state index contributed by atoms with van der Waals surface area (Å²) in [5, 5.41) is 7.68. The Morgan fingerprint density at radius 3 is 2.78 bits per heavy atom. The molecule has 1 saturated carbocycles. The molecule has 1 aliphatic rings. The molecule has 1 fully saturated rings. The van der Waals surface area contributed by atoms with Crippen LogP contribution in [0.25, 0.3) is 22.3 Å². The van der Waals surface area contributed by atoms with Crippen molar-refractivity contribution in [3.8, 4) is 11.1 Å². The van der Waals surface area contributed by atoms with Gasteiger partial charge in [0, 0.05) is 54.8 Å². The number of imidazole rings is 1. The van der Waals surface area contributed by atoms with Crippen molar-refractivity contribution < 1.29 is 8.78 Å². The minimum Gasteiger partial charge on any atom is -0.350 e. The van der Waals surface area contributed by atoms with Crippen LogP contribution in [0.3, 0.4) is 0 Å². The fraction of sp³-hybridized carbons (Fsp3) is 0.316. The molecule has 0 aromatic carbocycles. The second kappa shape index (κ2) is 6.00. The van der Waals surface area contributed by atoms with Gasteiger partial charge in [-0.1, -0.05) is 0 Å². The summed E-state index contributed by atoms with van der Waals surface area (Å²) < 4.78 is 30.3. The minimum absolute atomic E-state index is 0.0132. The fourth-order valence-electron chi connectivity index (χ4n) is 3.66. The number of fused-ring (bicyclic) bond motifs is 2. The maximum absolute atomic E-state index is 13.3. The number of anilines is 1. The second-order valence-corrected chi connectivity index (χ2v) is 7.03. The predicted octanol–water partition coefficient (Wildman–Crippen LogP) is 4.03. The molecule has 6 nitrogen and oxygen atoms in total. The Balaban J connectivity index is 1.41. The highest BCUT2D eigenvalue weighted by Crippen LogP contribution is 2.34. The zero-order chi connectivity index (χ0) is 18.4. The van der Waals surface area contributed by atoms with Crippen LogP contribution in [0.5, 0.6) is 0 Å². The molecule has 4 aromatic rings. The van der Waals surface area contributed by atoms with Crippen LogP contribution in [0.15, 0.2) is 49.2 Å². The summed E-state index contributed by atoms with van der Waals surface area (Å²) in [6, 6.07) is 5.97. The average molecular weight is 368 g/mol. The van der Waals surface area contributed by atoms with E-state index in [1.54, 1.807) is 16.9 Å². The van der Waals surface area contributed by atoms with Gasteiger partial charge in [-0.05, 0) is 31.0 Å². The molecule has 1 aliphatic carbocycles. The van der Waals surface area contributed by atoms with Crippen LogP contribution in [0.4, 0.5) is 14.7 Å². The molecule has 4 heterocycles. The van der Waals surface area contributed by atoms with Crippen molar-refractivity contribution in [2.45, 2.75) is 37.6 Å². The van der Waals surface area contributed by atoms with Crippen molar-refractivity contribution in [3.05, 3.63) is 49.2 Å². The number of halogens is 2. The Kier molecular flexibility index (Phi) is 3.60. The maximum Gasteiger partial charge on any atom is 0.248 e. The highest BCUT2D eigenvalue weighted by Gasteiger charge is 2.35. The molecule has 0 amide bonds. The van der Waals surface area contributed by atoms with Crippen LogP contribution < -0.4 is 5.32 Å². The lowest BCUT2D eigenvalue weighted by Gasteiger charge is -2.28. The highest BCUT2D eigenvalue weighted by molar-refractivity contribution is 5.80. The molecule has 5 rings (SSSR count). The Morgan fingerprint density at radius 1 is 1.07 bits per heavy atom. The van der Waals surface area contributed by atoms with Gasteiger partial charge in [-0.3, -0.25) is 0 Å². The highest BCUT2D eigenvalue weighted by atomic mass is 19.3. The third-order valence-electron chi connectivity index (χ3n) is 5.17. The summed E-state index contributed by atoms with van der Waals surface area (Å²) in [6.07, 6.45) is 10.0. The monoisotopic (exact) mass is 368 g/mol. The van der Waals surface area contributed by atoms with Crippen molar-refractivity contribution in [2.24, 2.45) is 0 Å². The fourth-order valence-corrected chi connectivity index (χ4v) is 3.66. The van der Waals surface area contributed by atoms with E-state index in [9.17, 15) is 8.78 Å². The zero-order valence-corrected chi connectivity index (χ0v) is 14.5. The number of hydrogen-bond acceptors (Lipinski definition) is 4. The smallest absolute Gasteiger partial charge is 0.248 e. The van der Waals surface area contributed by atoms with E-state index in [-0.39, 0.29) is 18.9 Å². The van der Waals surface area contributed by atoms with Crippen molar-refractivity contribution in [2.75, 3.05) is 5.32 Å². The van der Waals surface area contributed by atoms with Crippen LogP contribution in [-0.2, 0) is 0 Å². The molecule has 0 saturated heterocycles. The van der Waals surface area contributed by atoms with E-state index in [0.717, 1.165) is 22.3 Å². The molecule has 0 aliphatic heterocycles. The lowest BCUT2D eigenvalue weighted by Crippen LogP contribution is -2.32. The normalized spacial score (nSPS) is 17.6. The number of aromatic nitrogens is 5. The first-order valence-corrected chi connectivity index (χ1v) is 8.99. The SMILES string of the molecule is FC1(F)CCC(Nc2ncc3c(-c4ccc5nccn5c4)ccn3n2)CC1. The first-order valence-electron chi connectivity index (χ1n) is 8.99. The summed E-state index contributed by atoms with van der Waals surface area (Å²) in [4.78, 5) is 8.66. The predicted molar refractivity (Wildman–Crippen MR) is 98.0 cm³/mol. The van der Waals surface area contributed by atoms with Gasteiger partial charge in [-0.15, -0.1) is 5.10 Å². The summed E-state index contributed by atoms with van der Waals surface area (Å²) in [5.74, 6) is -2.07. The van der Waals surface area contributed by atoms with Crippen molar-refractivity contribution in [3.63, 3.8) is 0 Å². The molecule has 27 heavy (non-hydrogen) atoms. The molecule has 0 atom stereocenters. The third kappa shape index (κ3) is 3.01. The Bertz CT molecular complexity index is 1110. The van der Waals surface area contributed by atoms with E-state index in [4.69, 9.17) is 0 Å². The van der Waals surface area contributed by atoms with E-state index in [2.05, 4.69) is 20.4 Å². The van der Waals surface area contributed by atoms with Crippen molar-refractivity contribution in [1.29, 1.82) is 0 Å². The molecule has 0 spiro atoms. The van der Waals surface area contributed by atoms with Crippen molar-refractivity contribution in [1.82, 2.24) is 24.0 Å². The third-order valence-corrected chi connectivity index (χ3v) is 5.17. The van der Waals surface area contributed by atoms with Crippen LogP contribution in [-0.4, -0.2) is 35.9 Å². The van der Waals surface area contributed by atoms with E-state index >= 15 is 0 Å². The van der Waals surface area contributed by atoms with E-state index < -0.39 is 5.92 Å². The van der Waals surface area contributed by atoms with Gasteiger partial charge in [0.25, 0.3) is 0 Å². The van der Waals surface area contributed by atoms with Gasteiger partial charge >= 0.3 is 0 Å². The molecule has 0 bridgehead atoms. The van der Waals surface area contributed by atoms with Gasteiger partial charge in [0.15, 0.2) is 0 Å². The number of pyridine rings is 1. The largest absolute Gasteiger partial charge is 0.350 e. The van der Waals surface area contributed by atoms with E-state index in [1.165, 1.54) is 0 Å². The number of nitrogens with one attached hydrogen (secondary N) is 1. The molecule has 4 aromatic heterocycles. The molecule has 0 unspecified atom stereocenters. The average Bonchev–Trinajstić information content (AvgIpc) is 3.29. The van der Waals surface area contributed by atoms with Gasteiger partial charge in [0.1, 0.15) is 5.65 Å². The first-order chi connectivity index (χ1) is 13.1. The number of rotatable bonds is 3. The van der Waals surface area contributed by atoms with Gasteiger partial charge < -0.3 is 9.72 Å². The molecular weight excluding hydrogens is 350 g/mol. The lowest BCUT2D eigenvalue weighted by atomic mass is 9.92. The summed E-state index contributed by atoms with van der Waals surface area (Å²) >= 11 is 0. The Morgan fingerprint density at radius 2 is 1.93 bits per heavy atom. The quantitative estimate of drug-likeness (QED) is 0.593. The molecule has 138 valence electrons. The molecular formula is C19H18F2N6. The number of nitrogens with zero attached hydrogens (tertiary/aromatic N) is 5. The zero-order valence-electron chi connectivity index (χ0n) is 14.5. The molecule has 0 radical (unpaired) electrons. The summed E-state index contributed by atoms with van der Waals surface area (Å²) in [7, 11) is 0. The van der Waals surface area contributed by atoms with E-state index in [1.807, 2.05) is 41.2 Å². The lowest BCUT2D eigenvalue weighted by molar-refractivity contribution is -0.0361. The summed E-state index contributed by atoms with van der Waals surface area (Å²) in [5.41, 5.74) is 3.84. The minimum atomic E-state index is -2.53. The van der Waals surface area contributed by atoms with Crippen LogP contribution in [0.1, 0.15) is 25.7 Å². The van der Waals surface area contributed by atoms with Gasteiger partial charge in [0.05, 0.1) is 11.7 Å². The second-order valence-electron chi connectivity index (χ2n) is 7.03. The maximum atomic E-state index is 13.3. The number of alkyl halides is 2. The van der Waals surface area contributed by atoms with Gasteiger partial charge in [-0.25, -0.2) is 23.3 Å². The Labute approximate surface area is 153 Å². The van der Waals surface area contributed by atoms with Crippen LogP contribution in [0.2, 0.25) is 0 Å². The van der Waals surface area contributed by atoms with E-state index in [0.29, 0.717) is 18.8 Å². The van der Waals surface area contributed by atoms with Crippen molar-refractivity contribution >= 4 is 17.1 Å². The molecule has 8 heteroatoms. The van der Waals surface area contributed by atoms with Gasteiger partial charge in [0.2, 0.25) is 11.9 Å².